The number of Topliss-reactive ketones (excluding diaryl/α,β-unsaturated/α-hetero) is 1. The van der Waals surface area contributed by atoms with Crippen LogP contribution in [0.15, 0.2) is 48.6 Å². The van der Waals surface area contributed by atoms with Crippen LogP contribution in [0.3, 0.4) is 0 Å². The topological polar surface area (TPSA) is 171 Å². The SMILES string of the molecule is CC[C@]1(O)C[C@@H]2CN(CCc3c([nH]c4ccccc34)[C@@](C(=O)OC)(c3cc4c(cc3OC)N(C)[C@H]3[C@@](O)(C(=O)OC)[C@H](OC(C)=O)[C@]5(CC)C=CCN6CC[C@]43[C@@H]65)C2=O)C1. The summed E-state index contributed by atoms with van der Waals surface area (Å²) in [6.07, 6.45) is 4.63. The number of aliphatic hydroxyl groups is 2. The maximum absolute atomic E-state index is 16.1. The molecule has 1 aromatic heterocycles. The molecule has 1 spiro atoms. The van der Waals surface area contributed by atoms with Crippen LogP contribution in [0.2, 0.25) is 0 Å². The zero-order chi connectivity index (χ0) is 42.7. The molecule has 9 rings (SSSR count). The van der Waals surface area contributed by atoms with E-state index in [4.69, 9.17) is 18.9 Å². The predicted octanol–water partition coefficient (Wildman–Crippen LogP) is 3.17. The lowest BCUT2D eigenvalue weighted by Crippen LogP contribution is -2.81. The van der Waals surface area contributed by atoms with Crippen LogP contribution in [-0.4, -0.2) is 139 Å². The summed E-state index contributed by atoms with van der Waals surface area (Å²) in [5, 5.41) is 26.1. The molecule has 0 amide bonds. The summed E-state index contributed by atoms with van der Waals surface area (Å²) in [7, 11) is 5.80. The fraction of sp³-hybridized carbons (Fsp3) is 0.565. The van der Waals surface area contributed by atoms with E-state index >= 15 is 9.59 Å². The number of para-hydroxylation sites is 1. The van der Waals surface area contributed by atoms with Crippen LogP contribution < -0.4 is 9.64 Å². The number of nitrogens with zero attached hydrogens (tertiary/aromatic N) is 3. The molecule has 6 heterocycles. The van der Waals surface area contributed by atoms with Gasteiger partial charge in [0.2, 0.25) is 5.60 Å². The number of fused-ring (bicyclic) bond motifs is 6. The highest BCUT2D eigenvalue weighted by Crippen LogP contribution is 2.68. The molecule has 5 aliphatic heterocycles. The molecule has 60 heavy (non-hydrogen) atoms. The third-order valence-corrected chi connectivity index (χ3v) is 15.5. The Balaban J connectivity index is 1.39. The first-order chi connectivity index (χ1) is 28.7. The van der Waals surface area contributed by atoms with Crippen LogP contribution in [-0.2, 0) is 50.6 Å². The van der Waals surface area contributed by atoms with Gasteiger partial charge in [0.1, 0.15) is 5.75 Å². The van der Waals surface area contributed by atoms with E-state index in [2.05, 4.69) is 14.8 Å². The van der Waals surface area contributed by atoms with E-state index in [-0.39, 0.29) is 17.7 Å². The lowest BCUT2D eigenvalue weighted by Gasteiger charge is -2.63. The quantitative estimate of drug-likeness (QED) is 0.138. The molecule has 1 saturated carbocycles. The summed E-state index contributed by atoms with van der Waals surface area (Å²) >= 11 is 0. The van der Waals surface area contributed by atoms with Crippen molar-refractivity contribution in [1.82, 2.24) is 14.8 Å². The molecule has 14 heteroatoms. The Bertz CT molecular complexity index is 2340. The van der Waals surface area contributed by atoms with Crippen molar-refractivity contribution in [1.29, 1.82) is 0 Å². The minimum atomic E-state index is -2.37. The normalized spacial score (nSPS) is 36.6. The lowest BCUT2D eigenvalue weighted by atomic mass is 9.47. The standard InChI is InChI=1S/C46H56N4O10/c1-8-42(55)23-27-24-49(25-42)19-15-29-28-13-10-11-14-32(28)47-35(29)45(36(27)52,40(53)58-6)31-21-30-33(22-34(31)57-5)48(4)38-44(30)17-20-50-18-12-16-43(9-2,37(44)50)39(60-26(3)51)46(38,56)41(54)59-7/h10-14,16,21-22,27,37-39,47,55-56H,8-9,15,17-20,23-25H2,1-7H3/t27-,37+,38-,39-,42+,43-,44-,45+,46+/m1/s1. The summed E-state index contributed by atoms with van der Waals surface area (Å²) in [4.78, 5) is 68.7. The average molecular weight is 825 g/mol. The minimum absolute atomic E-state index is 0.154. The first-order valence-electron chi connectivity index (χ1n) is 21.2. The number of ketones is 1. The van der Waals surface area contributed by atoms with Crippen molar-refractivity contribution in [3.05, 3.63) is 70.9 Å². The number of methoxy groups -OCH3 is 3. The third kappa shape index (κ3) is 5.01. The van der Waals surface area contributed by atoms with Crippen LogP contribution in [0, 0.1) is 11.3 Å². The van der Waals surface area contributed by atoms with Gasteiger partial charge in [0.05, 0.1) is 33.0 Å². The van der Waals surface area contributed by atoms with E-state index in [1.165, 1.54) is 28.3 Å². The van der Waals surface area contributed by atoms with Gasteiger partial charge in [-0.15, -0.1) is 0 Å². The third-order valence-electron chi connectivity index (χ3n) is 15.5. The molecule has 14 nitrogen and oxygen atoms in total. The molecule has 0 radical (unpaired) electrons. The molecular formula is C46H56N4O10. The van der Waals surface area contributed by atoms with Gasteiger partial charge in [0.15, 0.2) is 17.3 Å². The summed E-state index contributed by atoms with van der Waals surface area (Å²) in [6, 6.07) is 10.0. The second kappa shape index (κ2) is 13.9. The predicted molar refractivity (Wildman–Crippen MR) is 221 cm³/mol. The summed E-state index contributed by atoms with van der Waals surface area (Å²) < 4.78 is 23.6. The van der Waals surface area contributed by atoms with Crippen molar-refractivity contribution < 1.29 is 48.3 Å². The number of likely N-dealkylation sites (N-methyl/N-ethyl adjacent to an activating group) is 1. The number of benzene rings is 2. The van der Waals surface area contributed by atoms with E-state index in [1.807, 2.05) is 61.2 Å². The van der Waals surface area contributed by atoms with Crippen LogP contribution >= 0.6 is 0 Å². The van der Waals surface area contributed by atoms with Crippen molar-refractivity contribution in [2.75, 3.05) is 66.0 Å². The molecule has 1 aliphatic carbocycles. The number of ether oxygens (including phenoxy) is 4. The van der Waals surface area contributed by atoms with Crippen LogP contribution in [0.25, 0.3) is 10.9 Å². The first-order valence-corrected chi connectivity index (χ1v) is 21.2. The van der Waals surface area contributed by atoms with Crippen molar-refractivity contribution in [2.45, 2.75) is 93.1 Å². The molecule has 1 unspecified atom stereocenters. The molecule has 3 N–H and O–H groups in total. The number of nitrogens with one attached hydrogen (secondary N) is 1. The van der Waals surface area contributed by atoms with Gasteiger partial charge in [-0.3, -0.25) is 24.2 Å². The number of hydrogen-bond donors (Lipinski definition) is 3. The lowest BCUT2D eigenvalue weighted by molar-refractivity contribution is -0.228. The van der Waals surface area contributed by atoms with Gasteiger partial charge < -0.3 is 39.0 Å². The summed E-state index contributed by atoms with van der Waals surface area (Å²) in [5.74, 6) is -3.32. The van der Waals surface area contributed by atoms with Gasteiger partial charge in [-0.25, -0.2) is 4.79 Å². The Morgan fingerprint density at radius 2 is 1.72 bits per heavy atom. The summed E-state index contributed by atoms with van der Waals surface area (Å²) in [5.41, 5.74) is -4.17. The maximum Gasteiger partial charge on any atom is 0.344 e. The number of carbonyl (C=O) groups excluding carboxylic acids is 4. The minimum Gasteiger partial charge on any atom is -0.496 e. The fourth-order valence-corrected chi connectivity index (χ4v) is 13.2. The number of hydrogen-bond acceptors (Lipinski definition) is 13. The van der Waals surface area contributed by atoms with Gasteiger partial charge in [-0.1, -0.05) is 44.2 Å². The number of aromatic nitrogens is 1. The second-order valence-electron chi connectivity index (χ2n) is 18.0. The van der Waals surface area contributed by atoms with Crippen molar-refractivity contribution in [3.8, 4) is 5.75 Å². The van der Waals surface area contributed by atoms with E-state index in [9.17, 15) is 19.8 Å². The van der Waals surface area contributed by atoms with E-state index < -0.39 is 75.2 Å². The zero-order valence-corrected chi connectivity index (χ0v) is 35.5. The molecular weight excluding hydrogens is 769 g/mol. The molecule has 320 valence electrons. The Labute approximate surface area is 349 Å². The summed E-state index contributed by atoms with van der Waals surface area (Å²) in [6.45, 7) is 7.64. The Kier molecular flexibility index (Phi) is 9.40. The molecule has 3 aromatic rings. The highest BCUT2D eigenvalue weighted by molar-refractivity contribution is 6.16. The van der Waals surface area contributed by atoms with Gasteiger partial charge in [-0.2, -0.15) is 0 Å². The van der Waals surface area contributed by atoms with Crippen molar-refractivity contribution in [2.24, 2.45) is 11.3 Å². The fourth-order valence-electron chi connectivity index (χ4n) is 13.2. The smallest absolute Gasteiger partial charge is 0.344 e. The van der Waals surface area contributed by atoms with E-state index in [0.29, 0.717) is 69.8 Å². The second-order valence-corrected chi connectivity index (χ2v) is 18.0. The number of aromatic amines is 1. The Morgan fingerprint density at radius 1 is 0.967 bits per heavy atom. The Hall–Kier alpha value is -4.76. The Morgan fingerprint density at radius 3 is 2.40 bits per heavy atom. The highest BCUT2D eigenvalue weighted by atomic mass is 16.6. The van der Waals surface area contributed by atoms with Crippen LogP contribution in [0.1, 0.15) is 68.8 Å². The van der Waals surface area contributed by atoms with Gasteiger partial charge in [0, 0.05) is 96.9 Å². The van der Waals surface area contributed by atoms with Gasteiger partial charge in [0.25, 0.3) is 0 Å². The number of H-pyrrole nitrogens is 1. The van der Waals surface area contributed by atoms with Crippen LogP contribution in [0.5, 0.6) is 5.75 Å². The first kappa shape index (κ1) is 40.6. The van der Waals surface area contributed by atoms with Gasteiger partial charge in [-0.05, 0) is 61.9 Å². The number of rotatable bonds is 7. The average Bonchev–Trinajstić information content (AvgIpc) is 3.91. The molecule has 2 bridgehead atoms. The number of piperidine rings is 1. The van der Waals surface area contributed by atoms with Gasteiger partial charge >= 0.3 is 17.9 Å². The zero-order valence-electron chi connectivity index (χ0n) is 35.5. The molecule has 2 saturated heterocycles. The molecule has 10 atom stereocenters. The number of carbonyl (C=O) groups is 4. The van der Waals surface area contributed by atoms with Crippen molar-refractivity contribution in [3.63, 3.8) is 0 Å². The molecule has 3 fully saturated rings. The van der Waals surface area contributed by atoms with E-state index in [1.54, 1.807) is 13.1 Å². The number of anilines is 1. The van der Waals surface area contributed by atoms with Crippen molar-refractivity contribution >= 4 is 40.3 Å². The maximum atomic E-state index is 16.1. The molecule has 6 aliphatic rings. The van der Waals surface area contributed by atoms with Crippen LogP contribution in [0.4, 0.5) is 5.69 Å². The largest absolute Gasteiger partial charge is 0.496 e. The highest BCUT2D eigenvalue weighted by Gasteiger charge is 2.80. The monoisotopic (exact) mass is 824 g/mol. The van der Waals surface area contributed by atoms with E-state index in [0.717, 1.165) is 22.0 Å². The molecule has 2 aromatic carbocycles. The number of esters is 3.